The molecule has 2 aromatic carbocycles. The SMILES string of the molecule is NC(=O)Cc1ccc(C=Cc2ccccc2)cc1. The number of hydrogen-bond donors (Lipinski definition) is 1. The van der Waals surface area contributed by atoms with Crippen LogP contribution >= 0.6 is 0 Å². The maximum Gasteiger partial charge on any atom is 0.221 e. The molecule has 0 spiro atoms. The molecule has 2 aromatic rings. The zero-order valence-corrected chi connectivity index (χ0v) is 10.0. The molecule has 0 heterocycles. The summed E-state index contributed by atoms with van der Waals surface area (Å²) in [6.45, 7) is 0. The summed E-state index contributed by atoms with van der Waals surface area (Å²) in [5.41, 5.74) is 8.36. The Labute approximate surface area is 107 Å². The van der Waals surface area contributed by atoms with Crippen LogP contribution in [0.1, 0.15) is 16.7 Å². The Morgan fingerprint density at radius 2 is 1.44 bits per heavy atom. The van der Waals surface area contributed by atoms with Crippen LogP contribution < -0.4 is 5.73 Å². The highest BCUT2D eigenvalue weighted by molar-refractivity contribution is 5.77. The highest BCUT2D eigenvalue weighted by atomic mass is 16.1. The smallest absolute Gasteiger partial charge is 0.221 e. The fourth-order valence-electron chi connectivity index (χ4n) is 1.70. The molecule has 2 heteroatoms. The van der Waals surface area contributed by atoms with Crippen LogP contribution in [0.2, 0.25) is 0 Å². The number of rotatable bonds is 4. The third-order valence-electron chi connectivity index (χ3n) is 2.63. The van der Waals surface area contributed by atoms with Gasteiger partial charge in [-0.3, -0.25) is 4.79 Å². The molecule has 0 saturated heterocycles. The van der Waals surface area contributed by atoms with Gasteiger partial charge in [-0.25, -0.2) is 0 Å². The fourth-order valence-corrected chi connectivity index (χ4v) is 1.70. The van der Waals surface area contributed by atoms with Crippen LogP contribution in [0.3, 0.4) is 0 Å². The lowest BCUT2D eigenvalue weighted by molar-refractivity contribution is -0.117. The number of carbonyl (C=O) groups excluding carboxylic acids is 1. The van der Waals surface area contributed by atoms with Gasteiger partial charge in [-0.15, -0.1) is 0 Å². The lowest BCUT2D eigenvalue weighted by atomic mass is 10.1. The Morgan fingerprint density at radius 1 is 0.889 bits per heavy atom. The van der Waals surface area contributed by atoms with Gasteiger partial charge in [0.15, 0.2) is 0 Å². The molecule has 1 amide bonds. The summed E-state index contributed by atoms with van der Waals surface area (Å²) in [4.78, 5) is 10.8. The summed E-state index contributed by atoms with van der Waals surface area (Å²) in [7, 11) is 0. The summed E-state index contributed by atoms with van der Waals surface area (Å²) in [5, 5.41) is 0. The number of nitrogens with two attached hydrogens (primary N) is 1. The molecule has 2 rings (SSSR count). The molecule has 18 heavy (non-hydrogen) atoms. The highest BCUT2D eigenvalue weighted by Gasteiger charge is 1.97. The van der Waals surface area contributed by atoms with Crippen molar-refractivity contribution in [2.45, 2.75) is 6.42 Å². The van der Waals surface area contributed by atoms with E-state index in [1.54, 1.807) is 0 Å². The fraction of sp³-hybridized carbons (Fsp3) is 0.0625. The molecule has 90 valence electrons. The summed E-state index contributed by atoms with van der Waals surface area (Å²) in [6, 6.07) is 17.9. The lowest BCUT2D eigenvalue weighted by Gasteiger charge is -1.98. The van der Waals surface area contributed by atoms with E-state index < -0.39 is 0 Å². The van der Waals surface area contributed by atoms with Crippen molar-refractivity contribution in [2.75, 3.05) is 0 Å². The topological polar surface area (TPSA) is 43.1 Å². The van der Waals surface area contributed by atoms with Crippen molar-refractivity contribution in [3.63, 3.8) is 0 Å². The molecule has 0 fully saturated rings. The second kappa shape index (κ2) is 5.82. The van der Waals surface area contributed by atoms with Crippen LogP contribution in [0.5, 0.6) is 0 Å². The first-order chi connectivity index (χ1) is 8.74. The van der Waals surface area contributed by atoms with Gasteiger partial charge in [0, 0.05) is 0 Å². The number of primary amides is 1. The van der Waals surface area contributed by atoms with E-state index in [0.29, 0.717) is 6.42 Å². The molecule has 0 unspecified atom stereocenters. The summed E-state index contributed by atoms with van der Waals surface area (Å²) in [5.74, 6) is -0.303. The third kappa shape index (κ3) is 3.59. The quantitative estimate of drug-likeness (QED) is 0.816. The van der Waals surface area contributed by atoms with Crippen molar-refractivity contribution >= 4 is 18.1 Å². The molecule has 2 N–H and O–H groups in total. The number of carbonyl (C=O) groups is 1. The van der Waals surface area contributed by atoms with E-state index in [1.165, 1.54) is 5.56 Å². The Balaban J connectivity index is 2.06. The Hall–Kier alpha value is -2.35. The molecule has 0 aliphatic heterocycles. The van der Waals surface area contributed by atoms with Crippen LogP contribution in [0.25, 0.3) is 12.2 Å². The van der Waals surface area contributed by atoms with Crippen LogP contribution in [-0.2, 0) is 11.2 Å². The maximum atomic E-state index is 10.8. The van der Waals surface area contributed by atoms with Crippen molar-refractivity contribution in [3.05, 3.63) is 71.3 Å². The van der Waals surface area contributed by atoms with Crippen molar-refractivity contribution < 1.29 is 4.79 Å². The average molecular weight is 237 g/mol. The first-order valence-electron chi connectivity index (χ1n) is 5.84. The van der Waals surface area contributed by atoms with Crippen molar-refractivity contribution in [2.24, 2.45) is 5.73 Å². The van der Waals surface area contributed by atoms with E-state index in [2.05, 4.69) is 18.2 Å². The van der Waals surface area contributed by atoms with Gasteiger partial charge in [0.05, 0.1) is 6.42 Å². The summed E-state index contributed by atoms with van der Waals surface area (Å²) in [6.07, 6.45) is 4.40. The lowest BCUT2D eigenvalue weighted by Crippen LogP contribution is -2.13. The Kier molecular flexibility index (Phi) is 3.92. The standard InChI is InChI=1S/C16H15NO/c17-16(18)12-15-10-8-14(9-11-15)7-6-13-4-2-1-3-5-13/h1-11H,12H2,(H2,17,18). The number of amides is 1. The average Bonchev–Trinajstić information content (AvgIpc) is 2.38. The van der Waals surface area contributed by atoms with E-state index in [9.17, 15) is 4.79 Å². The van der Waals surface area contributed by atoms with E-state index in [4.69, 9.17) is 5.73 Å². The van der Waals surface area contributed by atoms with Gasteiger partial charge in [-0.05, 0) is 16.7 Å². The third-order valence-corrected chi connectivity index (χ3v) is 2.63. The predicted molar refractivity (Wildman–Crippen MR) is 74.7 cm³/mol. The number of benzene rings is 2. The second-order valence-corrected chi connectivity index (χ2v) is 4.13. The van der Waals surface area contributed by atoms with Gasteiger partial charge in [0.2, 0.25) is 5.91 Å². The first kappa shape index (κ1) is 12.1. The zero-order chi connectivity index (χ0) is 12.8. The minimum Gasteiger partial charge on any atom is -0.369 e. The summed E-state index contributed by atoms with van der Waals surface area (Å²) < 4.78 is 0. The molecular weight excluding hydrogens is 222 g/mol. The maximum absolute atomic E-state index is 10.8. The zero-order valence-electron chi connectivity index (χ0n) is 10.0. The normalized spacial score (nSPS) is 10.7. The number of hydrogen-bond acceptors (Lipinski definition) is 1. The van der Waals surface area contributed by atoms with Crippen LogP contribution in [-0.4, -0.2) is 5.91 Å². The van der Waals surface area contributed by atoms with Crippen molar-refractivity contribution in [1.29, 1.82) is 0 Å². The van der Waals surface area contributed by atoms with Gasteiger partial charge in [-0.1, -0.05) is 66.7 Å². The predicted octanol–water partition coefficient (Wildman–Crippen LogP) is 2.88. The molecule has 0 radical (unpaired) electrons. The molecule has 0 aliphatic rings. The molecule has 0 bridgehead atoms. The van der Waals surface area contributed by atoms with Crippen molar-refractivity contribution in [1.82, 2.24) is 0 Å². The minimum atomic E-state index is -0.303. The first-order valence-corrected chi connectivity index (χ1v) is 5.84. The molecule has 0 atom stereocenters. The Morgan fingerprint density at radius 3 is 2.00 bits per heavy atom. The largest absolute Gasteiger partial charge is 0.369 e. The van der Waals surface area contributed by atoms with Gasteiger partial charge in [0.25, 0.3) is 0 Å². The Bertz CT molecular complexity index is 541. The summed E-state index contributed by atoms with van der Waals surface area (Å²) >= 11 is 0. The van der Waals surface area contributed by atoms with Gasteiger partial charge in [-0.2, -0.15) is 0 Å². The van der Waals surface area contributed by atoms with Crippen LogP contribution in [0, 0.1) is 0 Å². The highest BCUT2D eigenvalue weighted by Crippen LogP contribution is 2.10. The second-order valence-electron chi connectivity index (χ2n) is 4.13. The monoisotopic (exact) mass is 237 g/mol. The van der Waals surface area contributed by atoms with Crippen LogP contribution in [0.15, 0.2) is 54.6 Å². The van der Waals surface area contributed by atoms with E-state index >= 15 is 0 Å². The van der Waals surface area contributed by atoms with Crippen molar-refractivity contribution in [3.8, 4) is 0 Å². The minimum absolute atomic E-state index is 0.294. The van der Waals surface area contributed by atoms with E-state index in [0.717, 1.165) is 11.1 Å². The van der Waals surface area contributed by atoms with Gasteiger partial charge < -0.3 is 5.73 Å². The molecular formula is C16H15NO. The molecule has 0 saturated carbocycles. The van der Waals surface area contributed by atoms with Gasteiger partial charge in [0.1, 0.15) is 0 Å². The van der Waals surface area contributed by atoms with E-state index in [1.807, 2.05) is 48.5 Å². The molecule has 2 nitrogen and oxygen atoms in total. The molecule has 0 aromatic heterocycles. The van der Waals surface area contributed by atoms with Gasteiger partial charge >= 0.3 is 0 Å². The molecule has 0 aliphatic carbocycles. The van der Waals surface area contributed by atoms with E-state index in [-0.39, 0.29) is 5.91 Å². The van der Waals surface area contributed by atoms with Crippen LogP contribution in [0.4, 0.5) is 0 Å².